The lowest BCUT2D eigenvalue weighted by atomic mass is 9.94. The minimum absolute atomic E-state index is 0.0895. The van der Waals surface area contributed by atoms with Crippen LogP contribution in [0.5, 0.6) is 5.75 Å². The molecule has 6 heteroatoms. The largest absolute Gasteiger partial charge is 0.482 e. The molecule has 0 unspecified atom stereocenters. The number of hydrogen-bond donors (Lipinski definition) is 1. The van der Waals surface area contributed by atoms with E-state index in [0.29, 0.717) is 17.0 Å². The second-order valence-corrected chi connectivity index (χ2v) is 7.40. The summed E-state index contributed by atoms with van der Waals surface area (Å²) in [6, 6.07) is 14.4. The van der Waals surface area contributed by atoms with Crippen LogP contribution >= 0.6 is 0 Å². The van der Waals surface area contributed by atoms with E-state index in [0.717, 1.165) is 31.2 Å². The van der Waals surface area contributed by atoms with Gasteiger partial charge in [0, 0.05) is 13.1 Å². The van der Waals surface area contributed by atoms with Gasteiger partial charge in [0.2, 0.25) is 0 Å². The van der Waals surface area contributed by atoms with Crippen LogP contribution < -0.4 is 10.5 Å². The standard InChI is InChI=1S/C23H28N2O4/c1-25(19-10-6-3-7-11-19)22(26)16-28-21-14-18(12-13-20(21)24)23(27)29-15-17-8-4-2-5-9-17/h2,4-5,8-9,12-14,19H,3,6-7,10-11,15-16,24H2,1H3. The van der Waals surface area contributed by atoms with Gasteiger partial charge in [-0.15, -0.1) is 0 Å². The SMILES string of the molecule is CN(C(=O)COc1cc(C(=O)OCc2ccccc2)ccc1N)C1CCCCC1. The molecule has 3 rings (SSSR count). The lowest BCUT2D eigenvalue weighted by molar-refractivity contribution is -0.134. The Morgan fingerprint density at radius 3 is 2.52 bits per heavy atom. The van der Waals surface area contributed by atoms with Crippen LogP contribution in [0.4, 0.5) is 5.69 Å². The fourth-order valence-electron chi connectivity index (χ4n) is 3.51. The van der Waals surface area contributed by atoms with Crippen molar-refractivity contribution in [2.24, 2.45) is 0 Å². The van der Waals surface area contributed by atoms with E-state index in [9.17, 15) is 9.59 Å². The highest BCUT2D eigenvalue weighted by Gasteiger charge is 2.22. The van der Waals surface area contributed by atoms with Gasteiger partial charge in [-0.05, 0) is 36.6 Å². The molecule has 0 aliphatic heterocycles. The number of likely N-dealkylation sites (N-methyl/N-ethyl adjacent to an activating group) is 1. The zero-order chi connectivity index (χ0) is 20.6. The van der Waals surface area contributed by atoms with Crippen LogP contribution in [0.2, 0.25) is 0 Å². The third kappa shape index (κ3) is 5.73. The maximum absolute atomic E-state index is 12.5. The van der Waals surface area contributed by atoms with Gasteiger partial charge in [-0.2, -0.15) is 0 Å². The molecule has 1 fully saturated rings. The molecule has 1 amide bonds. The van der Waals surface area contributed by atoms with Gasteiger partial charge in [0.25, 0.3) is 5.91 Å². The quantitative estimate of drug-likeness (QED) is 0.569. The summed E-state index contributed by atoms with van der Waals surface area (Å²) in [5, 5.41) is 0. The van der Waals surface area contributed by atoms with E-state index in [1.165, 1.54) is 12.5 Å². The van der Waals surface area contributed by atoms with Crippen molar-refractivity contribution in [2.75, 3.05) is 19.4 Å². The third-order valence-electron chi connectivity index (χ3n) is 5.33. The van der Waals surface area contributed by atoms with E-state index in [2.05, 4.69) is 0 Å². The van der Waals surface area contributed by atoms with Crippen LogP contribution in [-0.2, 0) is 16.1 Å². The number of hydrogen-bond acceptors (Lipinski definition) is 5. The summed E-state index contributed by atoms with van der Waals surface area (Å²) in [7, 11) is 1.82. The van der Waals surface area contributed by atoms with E-state index in [4.69, 9.17) is 15.2 Å². The molecule has 0 heterocycles. The van der Waals surface area contributed by atoms with Crippen molar-refractivity contribution < 1.29 is 19.1 Å². The van der Waals surface area contributed by atoms with Gasteiger partial charge in [-0.3, -0.25) is 4.79 Å². The average molecular weight is 396 g/mol. The summed E-state index contributed by atoms with van der Waals surface area (Å²) in [6.45, 7) is 0.0740. The molecule has 2 aromatic rings. The van der Waals surface area contributed by atoms with Crippen LogP contribution in [-0.4, -0.2) is 36.5 Å². The number of carbonyl (C=O) groups excluding carboxylic acids is 2. The summed E-state index contributed by atoms with van der Waals surface area (Å²) < 4.78 is 11.0. The Bertz CT molecular complexity index is 832. The van der Waals surface area contributed by atoms with Gasteiger partial charge in [0.15, 0.2) is 6.61 Å². The molecule has 2 aromatic carbocycles. The monoisotopic (exact) mass is 396 g/mol. The van der Waals surface area contributed by atoms with Gasteiger partial charge < -0.3 is 20.1 Å². The number of rotatable bonds is 7. The minimum Gasteiger partial charge on any atom is -0.482 e. The average Bonchev–Trinajstić information content (AvgIpc) is 2.77. The highest BCUT2D eigenvalue weighted by Crippen LogP contribution is 2.25. The molecular weight excluding hydrogens is 368 g/mol. The van der Waals surface area contributed by atoms with Crippen molar-refractivity contribution in [3.05, 3.63) is 59.7 Å². The fourth-order valence-corrected chi connectivity index (χ4v) is 3.51. The molecule has 1 aliphatic rings. The number of nitrogen functional groups attached to an aromatic ring is 1. The highest BCUT2D eigenvalue weighted by atomic mass is 16.5. The first kappa shape index (κ1) is 20.7. The Balaban J connectivity index is 1.56. The molecule has 1 saturated carbocycles. The summed E-state index contributed by atoms with van der Waals surface area (Å²) in [4.78, 5) is 26.6. The van der Waals surface area contributed by atoms with E-state index < -0.39 is 5.97 Å². The van der Waals surface area contributed by atoms with Gasteiger partial charge in [-0.1, -0.05) is 49.6 Å². The second kappa shape index (κ2) is 9.96. The zero-order valence-electron chi connectivity index (χ0n) is 16.8. The zero-order valence-corrected chi connectivity index (χ0v) is 16.8. The van der Waals surface area contributed by atoms with Crippen LogP contribution in [0.25, 0.3) is 0 Å². The Hall–Kier alpha value is -3.02. The number of amides is 1. The molecule has 0 radical (unpaired) electrons. The number of nitrogens with zero attached hydrogens (tertiary/aromatic N) is 1. The molecule has 0 aromatic heterocycles. The van der Waals surface area contributed by atoms with Crippen LogP contribution in [0.3, 0.4) is 0 Å². The molecule has 0 atom stereocenters. The molecule has 0 bridgehead atoms. The summed E-state index contributed by atoms with van der Waals surface area (Å²) in [6.07, 6.45) is 5.62. The van der Waals surface area contributed by atoms with Crippen molar-refractivity contribution in [1.82, 2.24) is 4.90 Å². The first-order valence-corrected chi connectivity index (χ1v) is 10.0. The molecule has 154 valence electrons. The van der Waals surface area contributed by atoms with E-state index in [1.54, 1.807) is 17.0 Å². The predicted octanol–water partition coefficient (Wildman–Crippen LogP) is 3.80. The number of benzene rings is 2. The Labute approximate surface area is 171 Å². The fraction of sp³-hybridized carbons (Fsp3) is 0.391. The smallest absolute Gasteiger partial charge is 0.338 e. The van der Waals surface area contributed by atoms with Crippen molar-refractivity contribution in [2.45, 2.75) is 44.8 Å². The number of esters is 1. The molecule has 0 saturated heterocycles. The lowest BCUT2D eigenvalue weighted by Crippen LogP contribution is -2.40. The Morgan fingerprint density at radius 2 is 1.79 bits per heavy atom. The normalized spacial score (nSPS) is 14.2. The number of ether oxygens (including phenoxy) is 2. The van der Waals surface area contributed by atoms with E-state index in [-0.39, 0.29) is 25.2 Å². The maximum atomic E-state index is 12.5. The maximum Gasteiger partial charge on any atom is 0.338 e. The topological polar surface area (TPSA) is 81.9 Å². The van der Waals surface area contributed by atoms with Crippen LogP contribution in [0.1, 0.15) is 48.0 Å². The molecule has 2 N–H and O–H groups in total. The molecule has 6 nitrogen and oxygen atoms in total. The lowest BCUT2D eigenvalue weighted by Gasteiger charge is -2.31. The van der Waals surface area contributed by atoms with Crippen molar-refractivity contribution in [3.8, 4) is 5.75 Å². The van der Waals surface area contributed by atoms with Gasteiger partial charge in [0.05, 0.1) is 11.3 Å². The first-order chi connectivity index (χ1) is 14.0. The summed E-state index contributed by atoms with van der Waals surface area (Å²) >= 11 is 0. The van der Waals surface area contributed by atoms with Crippen LogP contribution in [0.15, 0.2) is 48.5 Å². The molecule has 29 heavy (non-hydrogen) atoms. The number of anilines is 1. The molecular formula is C23H28N2O4. The third-order valence-corrected chi connectivity index (χ3v) is 5.33. The van der Waals surface area contributed by atoms with E-state index >= 15 is 0 Å². The van der Waals surface area contributed by atoms with Gasteiger partial charge >= 0.3 is 5.97 Å². The van der Waals surface area contributed by atoms with Crippen molar-refractivity contribution in [3.63, 3.8) is 0 Å². The summed E-state index contributed by atoms with van der Waals surface area (Å²) in [5.41, 5.74) is 7.57. The highest BCUT2D eigenvalue weighted by molar-refractivity contribution is 5.90. The van der Waals surface area contributed by atoms with E-state index in [1.807, 2.05) is 37.4 Å². The number of nitrogens with two attached hydrogens (primary N) is 1. The first-order valence-electron chi connectivity index (χ1n) is 10.0. The predicted molar refractivity (Wildman–Crippen MR) is 112 cm³/mol. The molecule has 1 aliphatic carbocycles. The van der Waals surface area contributed by atoms with Gasteiger partial charge in [-0.25, -0.2) is 4.79 Å². The number of carbonyl (C=O) groups is 2. The Morgan fingerprint density at radius 1 is 1.07 bits per heavy atom. The van der Waals surface area contributed by atoms with Gasteiger partial charge in [0.1, 0.15) is 12.4 Å². The molecule has 0 spiro atoms. The Kier molecular flexibility index (Phi) is 7.11. The van der Waals surface area contributed by atoms with Crippen molar-refractivity contribution >= 4 is 17.6 Å². The van der Waals surface area contributed by atoms with Crippen molar-refractivity contribution in [1.29, 1.82) is 0 Å². The summed E-state index contributed by atoms with van der Waals surface area (Å²) in [5.74, 6) is -0.248. The minimum atomic E-state index is -0.468. The second-order valence-electron chi connectivity index (χ2n) is 7.40. The van der Waals surface area contributed by atoms with Crippen LogP contribution in [0, 0.1) is 0 Å².